The summed E-state index contributed by atoms with van der Waals surface area (Å²) in [7, 11) is 0.827. The van der Waals surface area contributed by atoms with Crippen molar-refractivity contribution in [2.24, 2.45) is 7.05 Å². The fourth-order valence-electron chi connectivity index (χ4n) is 5.09. The number of nitrogens with one attached hydrogen (secondary N) is 2. The van der Waals surface area contributed by atoms with Gasteiger partial charge in [0.25, 0.3) is 5.91 Å². The molecule has 2 aliphatic heterocycles. The molecule has 3 N–H and O–H groups in total. The van der Waals surface area contributed by atoms with Gasteiger partial charge in [0.05, 0.1) is 12.3 Å². The van der Waals surface area contributed by atoms with E-state index in [1.165, 1.54) is 18.9 Å². The Labute approximate surface area is 197 Å². The van der Waals surface area contributed by atoms with E-state index in [1.54, 1.807) is 29.9 Å². The van der Waals surface area contributed by atoms with Crippen molar-refractivity contribution in [2.45, 2.75) is 44.4 Å². The van der Waals surface area contributed by atoms with E-state index in [-0.39, 0.29) is 12.2 Å². The number of carbonyl (C=O) groups is 1. The molecule has 6 rings (SSSR count). The van der Waals surface area contributed by atoms with Crippen molar-refractivity contribution in [1.82, 2.24) is 15.1 Å². The molecule has 0 bridgehead atoms. The van der Waals surface area contributed by atoms with E-state index in [4.69, 9.17) is 4.65 Å². The van der Waals surface area contributed by atoms with Crippen LogP contribution in [0.1, 0.15) is 41.6 Å². The normalized spacial score (nSPS) is 18.6. The minimum Gasteiger partial charge on any atom is -0.423 e. The number of rotatable bonds is 5. The number of aromatic nitrogens is 2. The summed E-state index contributed by atoms with van der Waals surface area (Å²) in [5.41, 5.74) is 3.06. The molecule has 0 spiro atoms. The molecule has 1 aromatic heterocycles. The number of hydrogen-bond donors (Lipinski definition) is 3. The SMILES string of the molecule is Cn1cc2c(N3CCC(NC4CC4)CC3)cc(F)c(C(=O)Nc3ccc4c(c3)COB4O)c2n1. The molecular formula is C24H27BFN5O3. The molecule has 2 aromatic carbocycles. The fourth-order valence-corrected chi connectivity index (χ4v) is 5.09. The summed E-state index contributed by atoms with van der Waals surface area (Å²) in [4.78, 5) is 15.4. The van der Waals surface area contributed by atoms with Gasteiger partial charge in [-0.2, -0.15) is 5.10 Å². The van der Waals surface area contributed by atoms with Crippen LogP contribution in [-0.2, 0) is 18.3 Å². The second-order valence-electron chi connectivity index (χ2n) is 9.55. The minimum absolute atomic E-state index is 0.0681. The quantitative estimate of drug-likeness (QED) is 0.501. The zero-order valence-electron chi connectivity index (χ0n) is 19.1. The van der Waals surface area contributed by atoms with Crippen LogP contribution in [0.2, 0.25) is 0 Å². The summed E-state index contributed by atoms with van der Waals surface area (Å²) in [6.45, 7) is 1.94. The molecule has 3 heterocycles. The number of benzene rings is 2. The van der Waals surface area contributed by atoms with Crippen LogP contribution in [0.3, 0.4) is 0 Å². The second-order valence-corrected chi connectivity index (χ2v) is 9.55. The number of carbonyl (C=O) groups excluding carboxylic acids is 1. The van der Waals surface area contributed by atoms with E-state index >= 15 is 4.39 Å². The third-order valence-electron chi connectivity index (χ3n) is 7.02. The van der Waals surface area contributed by atoms with Crippen molar-refractivity contribution in [3.63, 3.8) is 0 Å². The number of piperidine rings is 1. The zero-order chi connectivity index (χ0) is 23.4. The largest absolute Gasteiger partial charge is 0.491 e. The maximum absolute atomic E-state index is 15.4. The topological polar surface area (TPSA) is 91.7 Å². The Morgan fingerprint density at radius 1 is 1.21 bits per heavy atom. The summed E-state index contributed by atoms with van der Waals surface area (Å²) in [6.07, 6.45) is 6.42. The van der Waals surface area contributed by atoms with Gasteiger partial charge in [-0.1, -0.05) is 6.07 Å². The molecule has 2 fully saturated rings. The van der Waals surface area contributed by atoms with Gasteiger partial charge in [-0.15, -0.1) is 0 Å². The molecule has 8 nitrogen and oxygen atoms in total. The Morgan fingerprint density at radius 2 is 1.97 bits per heavy atom. The van der Waals surface area contributed by atoms with E-state index in [1.807, 2.05) is 6.20 Å². The first-order valence-electron chi connectivity index (χ1n) is 11.9. The summed E-state index contributed by atoms with van der Waals surface area (Å²) in [5, 5.41) is 21.5. The highest BCUT2D eigenvalue weighted by molar-refractivity contribution is 6.61. The summed E-state index contributed by atoms with van der Waals surface area (Å²) in [5.74, 6) is -1.14. The van der Waals surface area contributed by atoms with Crippen molar-refractivity contribution in [3.8, 4) is 0 Å². The Bertz CT molecular complexity index is 1270. The van der Waals surface area contributed by atoms with Crippen LogP contribution in [0, 0.1) is 5.82 Å². The van der Waals surface area contributed by atoms with Crippen LogP contribution in [0.25, 0.3) is 10.9 Å². The molecule has 1 saturated heterocycles. The van der Waals surface area contributed by atoms with Crippen molar-refractivity contribution in [1.29, 1.82) is 0 Å². The second kappa shape index (κ2) is 8.37. The standard InChI is InChI=1S/C24H27BFN5O3/c1-30-12-18-21(31-8-6-16(7-9-31)27-15-2-3-15)11-20(26)22(23(18)29-30)24(32)28-17-4-5-19-14(10-17)13-34-25(19)33/h4-5,10-12,15-16,27,33H,2-3,6-9,13H2,1H3,(H,28,32). The highest BCUT2D eigenvalue weighted by atomic mass is 19.1. The predicted octanol–water partition coefficient (Wildman–Crippen LogP) is 1.90. The summed E-state index contributed by atoms with van der Waals surface area (Å²) < 4.78 is 22.3. The van der Waals surface area contributed by atoms with Crippen LogP contribution in [0.5, 0.6) is 0 Å². The number of amides is 1. The van der Waals surface area contributed by atoms with Gasteiger partial charge in [0.15, 0.2) is 0 Å². The van der Waals surface area contributed by atoms with E-state index < -0.39 is 18.8 Å². The molecule has 0 atom stereocenters. The lowest BCUT2D eigenvalue weighted by Crippen LogP contribution is -2.43. The van der Waals surface area contributed by atoms with E-state index in [0.29, 0.717) is 28.8 Å². The predicted molar refractivity (Wildman–Crippen MR) is 129 cm³/mol. The number of nitrogens with zero attached hydrogens (tertiary/aromatic N) is 3. The van der Waals surface area contributed by atoms with Crippen molar-refractivity contribution >= 4 is 40.8 Å². The van der Waals surface area contributed by atoms with Gasteiger partial charge in [-0.3, -0.25) is 9.48 Å². The van der Waals surface area contributed by atoms with Gasteiger partial charge in [0, 0.05) is 49.5 Å². The first-order chi connectivity index (χ1) is 16.5. The lowest BCUT2D eigenvalue weighted by molar-refractivity contribution is 0.102. The molecule has 10 heteroatoms. The van der Waals surface area contributed by atoms with E-state index in [9.17, 15) is 9.82 Å². The van der Waals surface area contributed by atoms with Gasteiger partial charge in [-0.25, -0.2) is 4.39 Å². The van der Waals surface area contributed by atoms with Crippen LogP contribution in [-0.4, -0.2) is 53.0 Å². The molecule has 3 aliphatic rings. The third kappa shape index (κ3) is 3.95. The van der Waals surface area contributed by atoms with Crippen molar-refractivity contribution in [3.05, 3.63) is 47.4 Å². The van der Waals surface area contributed by atoms with Gasteiger partial charge in [-0.05, 0) is 54.9 Å². The van der Waals surface area contributed by atoms with E-state index in [2.05, 4.69) is 20.6 Å². The zero-order valence-corrected chi connectivity index (χ0v) is 19.1. The van der Waals surface area contributed by atoms with E-state index in [0.717, 1.165) is 42.6 Å². The third-order valence-corrected chi connectivity index (χ3v) is 7.02. The Morgan fingerprint density at radius 3 is 2.74 bits per heavy atom. The van der Waals surface area contributed by atoms with Crippen LogP contribution in [0.4, 0.5) is 15.8 Å². The maximum Gasteiger partial charge on any atom is 0.491 e. The molecule has 1 aliphatic carbocycles. The lowest BCUT2D eigenvalue weighted by Gasteiger charge is -2.34. The first-order valence-corrected chi connectivity index (χ1v) is 11.9. The van der Waals surface area contributed by atoms with Gasteiger partial charge < -0.3 is 25.2 Å². The summed E-state index contributed by atoms with van der Waals surface area (Å²) >= 11 is 0. The molecule has 3 aromatic rings. The highest BCUT2D eigenvalue weighted by Crippen LogP contribution is 2.33. The Hall–Kier alpha value is -2.95. The van der Waals surface area contributed by atoms with Gasteiger partial charge in [0.1, 0.15) is 16.9 Å². The van der Waals surface area contributed by atoms with Crippen molar-refractivity contribution < 1.29 is 18.9 Å². The van der Waals surface area contributed by atoms with Gasteiger partial charge >= 0.3 is 7.12 Å². The van der Waals surface area contributed by atoms with Crippen molar-refractivity contribution in [2.75, 3.05) is 23.3 Å². The maximum atomic E-state index is 15.4. The molecule has 0 unspecified atom stereocenters. The summed E-state index contributed by atoms with van der Waals surface area (Å²) in [6, 6.07) is 7.80. The lowest BCUT2D eigenvalue weighted by atomic mass is 9.79. The molecule has 176 valence electrons. The number of hydrogen-bond acceptors (Lipinski definition) is 6. The molecule has 34 heavy (non-hydrogen) atoms. The average molecular weight is 463 g/mol. The smallest absolute Gasteiger partial charge is 0.423 e. The van der Waals surface area contributed by atoms with Crippen LogP contribution >= 0.6 is 0 Å². The van der Waals surface area contributed by atoms with Crippen LogP contribution < -0.4 is 21.0 Å². The number of anilines is 2. The Balaban J connectivity index is 1.27. The Kier molecular flexibility index (Phi) is 5.31. The van der Waals surface area contributed by atoms with Gasteiger partial charge in [0.2, 0.25) is 0 Å². The molecule has 1 amide bonds. The first kappa shape index (κ1) is 21.6. The monoisotopic (exact) mass is 463 g/mol. The number of aryl methyl sites for hydroxylation is 1. The molecular weight excluding hydrogens is 436 g/mol. The fraction of sp³-hybridized carbons (Fsp3) is 0.417. The van der Waals surface area contributed by atoms with Crippen LogP contribution in [0.15, 0.2) is 30.5 Å². The number of halogens is 1. The highest BCUT2D eigenvalue weighted by Gasteiger charge is 2.30. The minimum atomic E-state index is -0.951. The molecule has 1 saturated carbocycles. The molecule has 0 radical (unpaired) electrons. The number of fused-ring (bicyclic) bond motifs is 2. The average Bonchev–Trinajstić information content (AvgIpc) is 3.44.